The van der Waals surface area contributed by atoms with Crippen molar-refractivity contribution in [2.75, 3.05) is 19.3 Å². The number of aromatic amines is 1. The van der Waals surface area contributed by atoms with Crippen molar-refractivity contribution in [1.82, 2.24) is 14.3 Å². The molecule has 1 saturated heterocycles. The number of piperidine rings is 1. The van der Waals surface area contributed by atoms with E-state index in [1.165, 1.54) is 4.31 Å². The summed E-state index contributed by atoms with van der Waals surface area (Å²) in [6, 6.07) is 0. The first-order chi connectivity index (χ1) is 8.68. The molecule has 0 aliphatic carbocycles. The zero-order chi connectivity index (χ0) is 14.3. The van der Waals surface area contributed by atoms with Gasteiger partial charge in [0, 0.05) is 19.0 Å². The molecule has 0 spiro atoms. The van der Waals surface area contributed by atoms with Crippen molar-refractivity contribution >= 4 is 10.0 Å². The number of halogens is 3. The van der Waals surface area contributed by atoms with E-state index in [-0.39, 0.29) is 11.7 Å². The highest BCUT2D eigenvalue weighted by Gasteiger charge is 2.34. The van der Waals surface area contributed by atoms with Crippen LogP contribution in [0.25, 0.3) is 0 Å². The van der Waals surface area contributed by atoms with Crippen molar-refractivity contribution in [3.63, 3.8) is 0 Å². The molecule has 1 aliphatic rings. The van der Waals surface area contributed by atoms with Crippen molar-refractivity contribution < 1.29 is 21.6 Å². The monoisotopic (exact) mass is 297 g/mol. The maximum atomic E-state index is 12.4. The average Bonchev–Trinajstić information content (AvgIpc) is 2.77. The molecule has 1 aliphatic heterocycles. The van der Waals surface area contributed by atoms with E-state index in [4.69, 9.17) is 0 Å². The second-order valence-corrected chi connectivity index (χ2v) is 6.60. The molecule has 1 aromatic rings. The number of hydrogen-bond donors (Lipinski definition) is 1. The van der Waals surface area contributed by atoms with Gasteiger partial charge in [0.05, 0.1) is 12.5 Å². The van der Waals surface area contributed by atoms with Crippen LogP contribution in [0.3, 0.4) is 0 Å². The predicted molar refractivity (Wildman–Crippen MR) is 62.0 cm³/mol. The van der Waals surface area contributed by atoms with Crippen LogP contribution in [0.15, 0.2) is 6.20 Å². The standard InChI is InChI=1S/C10H14F3N3O2S/c1-19(17,18)16-4-2-7(3-5-16)9-14-6-8(15-9)10(11,12)13/h6-7H,2-5H2,1H3,(H,14,15). The van der Waals surface area contributed by atoms with E-state index in [2.05, 4.69) is 9.97 Å². The molecule has 0 unspecified atom stereocenters. The highest BCUT2D eigenvalue weighted by Crippen LogP contribution is 2.31. The molecule has 19 heavy (non-hydrogen) atoms. The Hall–Kier alpha value is -1.09. The summed E-state index contributed by atoms with van der Waals surface area (Å²) in [7, 11) is -3.23. The lowest BCUT2D eigenvalue weighted by molar-refractivity contribution is -0.141. The second-order valence-electron chi connectivity index (χ2n) is 4.62. The van der Waals surface area contributed by atoms with E-state index in [0.29, 0.717) is 25.9 Å². The van der Waals surface area contributed by atoms with E-state index >= 15 is 0 Å². The Morgan fingerprint density at radius 3 is 2.37 bits per heavy atom. The zero-order valence-electron chi connectivity index (χ0n) is 10.2. The third-order valence-corrected chi connectivity index (χ3v) is 4.51. The molecule has 9 heteroatoms. The van der Waals surface area contributed by atoms with Crippen molar-refractivity contribution in [1.29, 1.82) is 0 Å². The van der Waals surface area contributed by atoms with Crippen LogP contribution in [-0.2, 0) is 16.2 Å². The molecular formula is C10H14F3N3O2S. The normalized spacial score (nSPS) is 19.8. The number of nitrogens with zero attached hydrogens (tertiary/aromatic N) is 2. The number of hydrogen-bond acceptors (Lipinski definition) is 3. The fraction of sp³-hybridized carbons (Fsp3) is 0.700. The van der Waals surface area contributed by atoms with Crippen LogP contribution in [0, 0.1) is 0 Å². The van der Waals surface area contributed by atoms with E-state index in [0.717, 1.165) is 12.5 Å². The van der Waals surface area contributed by atoms with Crippen LogP contribution in [-0.4, -0.2) is 42.0 Å². The number of aromatic nitrogens is 2. The molecule has 108 valence electrons. The van der Waals surface area contributed by atoms with Crippen LogP contribution >= 0.6 is 0 Å². The van der Waals surface area contributed by atoms with Crippen molar-refractivity contribution in [2.24, 2.45) is 0 Å². The third kappa shape index (κ3) is 3.27. The second kappa shape index (κ2) is 4.78. The van der Waals surface area contributed by atoms with Gasteiger partial charge in [0.2, 0.25) is 10.0 Å². The van der Waals surface area contributed by atoms with Gasteiger partial charge in [-0.25, -0.2) is 17.7 Å². The van der Waals surface area contributed by atoms with Gasteiger partial charge >= 0.3 is 6.18 Å². The Labute approximate surface area is 108 Å². The average molecular weight is 297 g/mol. The largest absolute Gasteiger partial charge is 0.432 e. The van der Waals surface area contributed by atoms with Crippen LogP contribution in [0.1, 0.15) is 30.3 Å². The van der Waals surface area contributed by atoms with Crippen molar-refractivity contribution in [3.8, 4) is 0 Å². The summed E-state index contributed by atoms with van der Waals surface area (Å²) in [4.78, 5) is 6.02. The molecule has 2 rings (SSSR count). The van der Waals surface area contributed by atoms with Gasteiger partial charge in [0.25, 0.3) is 0 Å². The summed E-state index contributed by atoms with van der Waals surface area (Å²) in [5, 5.41) is 0. The maximum Gasteiger partial charge on any atom is 0.432 e. The summed E-state index contributed by atoms with van der Waals surface area (Å²) in [5.74, 6) is 0.120. The van der Waals surface area contributed by atoms with E-state index in [1.54, 1.807) is 0 Å². The van der Waals surface area contributed by atoms with Gasteiger partial charge in [0.15, 0.2) is 0 Å². The number of imidazole rings is 1. The third-order valence-electron chi connectivity index (χ3n) is 3.21. The first-order valence-corrected chi connectivity index (χ1v) is 7.60. The number of sulfonamides is 1. The smallest absolute Gasteiger partial charge is 0.338 e. The SMILES string of the molecule is CS(=O)(=O)N1CCC(c2ncc(C(F)(F)F)[nH]2)CC1. The zero-order valence-corrected chi connectivity index (χ0v) is 11.1. The van der Waals surface area contributed by atoms with E-state index < -0.39 is 21.9 Å². The highest BCUT2D eigenvalue weighted by molar-refractivity contribution is 7.88. The Balaban J connectivity index is 2.04. The number of rotatable bonds is 2. The van der Waals surface area contributed by atoms with Gasteiger partial charge in [-0.3, -0.25) is 0 Å². The lowest BCUT2D eigenvalue weighted by Gasteiger charge is -2.29. The van der Waals surface area contributed by atoms with E-state index in [1.807, 2.05) is 0 Å². The molecule has 5 nitrogen and oxygen atoms in total. The Morgan fingerprint density at radius 1 is 1.37 bits per heavy atom. The van der Waals surface area contributed by atoms with Gasteiger partial charge in [-0.05, 0) is 12.8 Å². The molecule has 2 heterocycles. The number of H-pyrrole nitrogens is 1. The Bertz CT molecular complexity index is 545. The van der Waals surface area contributed by atoms with Crippen molar-refractivity contribution in [3.05, 3.63) is 17.7 Å². The quantitative estimate of drug-likeness (QED) is 0.901. The summed E-state index contributed by atoms with van der Waals surface area (Å²) in [5.41, 5.74) is -0.868. The minimum absolute atomic E-state index is 0.158. The molecule has 0 amide bonds. The molecule has 0 saturated carbocycles. The predicted octanol–water partition coefficient (Wildman–Crippen LogP) is 1.57. The topological polar surface area (TPSA) is 66.1 Å². The maximum absolute atomic E-state index is 12.4. The fourth-order valence-corrected chi connectivity index (χ4v) is 3.02. The minimum atomic E-state index is -4.43. The summed E-state index contributed by atoms with van der Waals surface area (Å²) >= 11 is 0. The summed E-state index contributed by atoms with van der Waals surface area (Å²) in [6.45, 7) is 0.622. The molecule has 0 atom stereocenters. The van der Waals surface area contributed by atoms with Gasteiger partial charge in [-0.2, -0.15) is 13.2 Å². The fourth-order valence-electron chi connectivity index (χ4n) is 2.15. The van der Waals surface area contributed by atoms with E-state index in [9.17, 15) is 21.6 Å². The lowest BCUT2D eigenvalue weighted by atomic mass is 9.97. The van der Waals surface area contributed by atoms with Gasteiger partial charge < -0.3 is 4.98 Å². The van der Waals surface area contributed by atoms with Crippen molar-refractivity contribution in [2.45, 2.75) is 24.9 Å². The lowest BCUT2D eigenvalue weighted by Crippen LogP contribution is -2.37. The molecule has 1 N–H and O–H groups in total. The molecular weight excluding hydrogens is 283 g/mol. The molecule has 0 aromatic carbocycles. The van der Waals surface area contributed by atoms with Crippen LogP contribution in [0.4, 0.5) is 13.2 Å². The molecule has 0 radical (unpaired) electrons. The van der Waals surface area contributed by atoms with Gasteiger partial charge in [-0.1, -0.05) is 0 Å². The number of alkyl halides is 3. The Kier molecular flexibility index (Phi) is 3.61. The number of nitrogens with one attached hydrogen (secondary N) is 1. The first-order valence-electron chi connectivity index (χ1n) is 5.75. The highest BCUT2D eigenvalue weighted by atomic mass is 32.2. The first kappa shape index (κ1) is 14.3. The van der Waals surface area contributed by atoms with Gasteiger partial charge in [-0.15, -0.1) is 0 Å². The molecule has 0 bridgehead atoms. The van der Waals surface area contributed by atoms with Gasteiger partial charge in [0.1, 0.15) is 11.5 Å². The molecule has 1 aromatic heterocycles. The minimum Gasteiger partial charge on any atom is -0.338 e. The van der Waals surface area contributed by atoms with Crippen LogP contribution < -0.4 is 0 Å². The van der Waals surface area contributed by atoms with Crippen LogP contribution in [0.2, 0.25) is 0 Å². The summed E-state index contributed by atoms with van der Waals surface area (Å²) in [6.07, 6.45) is -1.59. The van der Waals surface area contributed by atoms with Crippen LogP contribution in [0.5, 0.6) is 0 Å². The summed E-state index contributed by atoms with van der Waals surface area (Å²) < 4.78 is 61.3. The Morgan fingerprint density at radius 2 is 1.95 bits per heavy atom. The molecule has 1 fully saturated rings.